The molecular weight excluding hydrogens is 178 g/mol. The van der Waals surface area contributed by atoms with Crippen LogP contribution in [0.15, 0.2) is 18.2 Å². The molecular formula is C8H10ClNO2. The number of hydrogen-bond acceptors (Lipinski definition) is 3. The topological polar surface area (TPSA) is 66.5 Å². The third kappa shape index (κ3) is 1.88. The molecule has 0 aliphatic carbocycles. The SMILES string of the molecule is N[C@@H](CO)c1ccc(O)cc1Cl. The lowest BCUT2D eigenvalue weighted by molar-refractivity contribution is 0.268. The van der Waals surface area contributed by atoms with Crippen LogP contribution in [0.2, 0.25) is 5.02 Å². The quantitative estimate of drug-likeness (QED) is 0.648. The van der Waals surface area contributed by atoms with E-state index in [4.69, 9.17) is 27.5 Å². The highest BCUT2D eigenvalue weighted by Crippen LogP contribution is 2.25. The molecule has 0 radical (unpaired) electrons. The Balaban J connectivity index is 3.01. The van der Waals surface area contributed by atoms with Gasteiger partial charge in [-0.2, -0.15) is 0 Å². The first kappa shape index (κ1) is 9.32. The molecule has 66 valence electrons. The molecule has 4 heteroatoms. The maximum absolute atomic E-state index is 9.00. The normalized spacial score (nSPS) is 12.9. The van der Waals surface area contributed by atoms with Crippen LogP contribution in [0.4, 0.5) is 0 Å². The van der Waals surface area contributed by atoms with Crippen LogP contribution < -0.4 is 5.73 Å². The van der Waals surface area contributed by atoms with Crippen molar-refractivity contribution in [2.45, 2.75) is 6.04 Å². The highest BCUT2D eigenvalue weighted by molar-refractivity contribution is 6.31. The predicted octanol–water partition coefficient (Wildman–Crippen LogP) is 1.04. The van der Waals surface area contributed by atoms with Crippen molar-refractivity contribution in [3.05, 3.63) is 28.8 Å². The van der Waals surface area contributed by atoms with Gasteiger partial charge in [-0.1, -0.05) is 17.7 Å². The van der Waals surface area contributed by atoms with Crippen LogP contribution in [0.5, 0.6) is 5.75 Å². The van der Waals surface area contributed by atoms with Crippen molar-refractivity contribution < 1.29 is 10.2 Å². The van der Waals surface area contributed by atoms with Gasteiger partial charge in [-0.3, -0.25) is 0 Å². The Kier molecular flexibility index (Phi) is 2.92. The summed E-state index contributed by atoms with van der Waals surface area (Å²) in [6.45, 7) is -0.162. The standard InChI is InChI=1S/C8H10ClNO2/c9-7-3-5(12)1-2-6(7)8(10)4-11/h1-3,8,11-12H,4,10H2/t8-/m0/s1. The number of nitrogens with two attached hydrogens (primary N) is 1. The number of phenolic OH excluding ortho intramolecular Hbond substituents is 1. The minimum Gasteiger partial charge on any atom is -0.508 e. The average molecular weight is 188 g/mol. The number of aliphatic hydroxyl groups excluding tert-OH is 1. The van der Waals surface area contributed by atoms with E-state index in [1.165, 1.54) is 12.1 Å². The second kappa shape index (κ2) is 3.76. The van der Waals surface area contributed by atoms with Gasteiger partial charge in [0.1, 0.15) is 5.75 Å². The smallest absolute Gasteiger partial charge is 0.117 e. The van der Waals surface area contributed by atoms with Gasteiger partial charge in [0.05, 0.1) is 12.6 Å². The van der Waals surface area contributed by atoms with E-state index in [1.807, 2.05) is 0 Å². The molecule has 0 bridgehead atoms. The second-order valence-corrected chi connectivity index (χ2v) is 2.90. The molecule has 0 unspecified atom stereocenters. The van der Waals surface area contributed by atoms with E-state index < -0.39 is 6.04 Å². The number of rotatable bonds is 2. The molecule has 1 rings (SSSR count). The fraction of sp³-hybridized carbons (Fsp3) is 0.250. The van der Waals surface area contributed by atoms with Crippen LogP contribution in [-0.4, -0.2) is 16.8 Å². The molecule has 0 heterocycles. The van der Waals surface area contributed by atoms with Crippen LogP contribution in [0.1, 0.15) is 11.6 Å². The van der Waals surface area contributed by atoms with Gasteiger partial charge in [0, 0.05) is 5.02 Å². The maximum Gasteiger partial charge on any atom is 0.117 e. The Labute approximate surface area is 75.4 Å². The van der Waals surface area contributed by atoms with E-state index in [2.05, 4.69) is 0 Å². The third-order valence-electron chi connectivity index (χ3n) is 1.58. The van der Waals surface area contributed by atoms with Gasteiger partial charge in [-0.05, 0) is 17.7 Å². The van der Waals surface area contributed by atoms with Gasteiger partial charge in [-0.15, -0.1) is 0 Å². The van der Waals surface area contributed by atoms with Crippen LogP contribution in [0.25, 0.3) is 0 Å². The zero-order valence-corrected chi connectivity index (χ0v) is 7.12. The minimum atomic E-state index is -0.488. The molecule has 0 saturated carbocycles. The van der Waals surface area contributed by atoms with Crippen molar-refractivity contribution in [1.82, 2.24) is 0 Å². The van der Waals surface area contributed by atoms with Gasteiger partial charge in [0.25, 0.3) is 0 Å². The van der Waals surface area contributed by atoms with E-state index in [0.29, 0.717) is 10.6 Å². The van der Waals surface area contributed by atoms with E-state index in [-0.39, 0.29) is 12.4 Å². The van der Waals surface area contributed by atoms with E-state index in [0.717, 1.165) is 0 Å². The fourth-order valence-electron chi connectivity index (χ4n) is 0.915. The highest BCUT2D eigenvalue weighted by atomic mass is 35.5. The highest BCUT2D eigenvalue weighted by Gasteiger charge is 2.08. The second-order valence-electron chi connectivity index (χ2n) is 2.49. The molecule has 1 aromatic carbocycles. The molecule has 0 aliphatic rings. The van der Waals surface area contributed by atoms with Gasteiger partial charge < -0.3 is 15.9 Å². The molecule has 12 heavy (non-hydrogen) atoms. The largest absolute Gasteiger partial charge is 0.508 e. The Bertz CT molecular complexity index is 278. The van der Waals surface area contributed by atoms with Crippen molar-refractivity contribution in [1.29, 1.82) is 0 Å². The van der Waals surface area contributed by atoms with E-state index in [9.17, 15) is 0 Å². The molecule has 0 aromatic heterocycles. The first-order chi connectivity index (χ1) is 5.65. The molecule has 0 saturated heterocycles. The average Bonchev–Trinajstić information content (AvgIpc) is 2.03. The van der Waals surface area contributed by atoms with Crippen molar-refractivity contribution in [3.8, 4) is 5.75 Å². The predicted molar refractivity (Wildman–Crippen MR) is 47.1 cm³/mol. The minimum absolute atomic E-state index is 0.0916. The molecule has 1 aromatic rings. The van der Waals surface area contributed by atoms with Gasteiger partial charge in [0.2, 0.25) is 0 Å². The number of phenols is 1. The van der Waals surface area contributed by atoms with Crippen molar-refractivity contribution in [2.24, 2.45) is 5.73 Å². The Morgan fingerprint density at radius 1 is 1.50 bits per heavy atom. The zero-order valence-electron chi connectivity index (χ0n) is 6.37. The molecule has 0 amide bonds. The van der Waals surface area contributed by atoms with Crippen LogP contribution in [-0.2, 0) is 0 Å². The third-order valence-corrected chi connectivity index (χ3v) is 1.91. The number of halogens is 1. The van der Waals surface area contributed by atoms with Crippen molar-refractivity contribution in [2.75, 3.05) is 6.61 Å². The van der Waals surface area contributed by atoms with Crippen LogP contribution >= 0.6 is 11.6 Å². The lowest BCUT2D eigenvalue weighted by Crippen LogP contribution is -2.14. The summed E-state index contributed by atoms with van der Waals surface area (Å²) in [7, 11) is 0. The van der Waals surface area contributed by atoms with Crippen molar-refractivity contribution >= 4 is 11.6 Å². The monoisotopic (exact) mass is 187 g/mol. The lowest BCUT2D eigenvalue weighted by Gasteiger charge is -2.10. The first-order valence-corrected chi connectivity index (χ1v) is 3.88. The van der Waals surface area contributed by atoms with Crippen LogP contribution in [0.3, 0.4) is 0 Å². The summed E-state index contributed by atoms with van der Waals surface area (Å²) < 4.78 is 0. The zero-order chi connectivity index (χ0) is 9.14. The van der Waals surface area contributed by atoms with Gasteiger partial charge >= 0.3 is 0 Å². The summed E-state index contributed by atoms with van der Waals surface area (Å²) in [5.41, 5.74) is 6.17. The van der Waals surface area contributed by atoms with Crippen molar-refractivity contribution in [3.63, 3.8) is 0 Å². The van der Waals surface area contributed by atoms with E-state index >= 15 is 0 Å². The molecule has 3 nitrogen and oxygen atoms in total. The Morgan fingerprint density at radius 2 is 2.17 bits per heavy atom. The van der Waals surface area contributed by atoms with Crippen LogP contribution in [0, 0.1) is 0 Å². The summed E-state index contributed by atoms with van der Waals surface area (Å²) in [5, 5.41) is 18.1. The number of hydrogen-bond donors (Lipinski definition) is 3. The fourth-order valence-corrected chi connectivity index (χ4v) is 1.23. The summed E-state index contributed by atoms with van der Waals surface area (Å²) in [6.07, 6.45) is 0. The molecule has 0 aliphatic heterocycles. The summed E-state index contributed by atoms with van der Waals surface area (Å²) >= 11 is 5.75. The maximum atomic E-state index is 9.00. The first-order valence-electron chi connectivity index (χ1n) is 3.50. The molecule has 0 fully saturated rings. The lowest BCUT2D eigenvalue weighted by atomic mass is 10.1. The number of aromatic hydroxyl groups is 1. The van der Waals surface area contributed by atoms with Gasteiger partial charge in [-0.25, -0.2) is 0 Å². The van der Waals surface area contributed by atoms with E-state index in [1.54, 1.807) is 6.07 Å². The molecule has 4 N–H and O–H groups in total. The van der Waals surface area contributed by atoms with Gasteiger partial charge in [0.15, 0.2) is 0 Å². The Hall–Kier alpha value is -0.770. The summed E-state index contributed by atoms with van der Waals surface area (Å²) in [4.78, 5) is 0. The Morgan fingerprint density at radius 3 is 2.67 bits per heavy atom. The number of aliphatic hydroxyl groups is 1. The summed E-state index contributed by atoms with van der Waals surface area (Å²) in [5.74, 6) is 0.0916. The number of benzene rings is 1. The summed E-state index contributed by atoms with van der Waals surface area (Å²) in [6, 6.07) is 3.99. The molecule has 1 atom stereocenters. The molecule has 0 spiro atoms.